The van der Waals surface area contributed by atoms with Gasteiger partial charge in [0.25, 0.3) is 0 Å². The van der Waals surface area contributed by atoms with Gasteiger partial charge in [0.2, 0.25) is 0 Å². The molecule has 2 heterocycles. The predicted octanol–water partition coefficient (Wildman–Crippen LogP) is 3.58. The van der Waals surface area contributed by atoms with Crippen LogP contribution in [0.1, 0.15) is 44.5 Å². The molecule has 0 aliphatic carbocycles. The van der Waals surface area contributed by atoms with E-state index in [9.17, 15) is 4.39 Å². The van der Waals surface area contributed by atoms with Crippen molar-refractivity contribution in [1.29, 1.82) is 0 Å². The molecular weight excluding hydrogens is 320 g/mol. The van der Waals surface area contributed by atoms with Crippen molar-refractivity contribution in [1.82, 2.24) is 15.0 Å². The minimum Gasteiger partial charge on any atom is -0.398 e. The molecule has 7 heteroatoms. The molecule has 3 rings (SSSR count). The van der Waals surface area contributed by atoms with Gasteiger partial charge >= 0.3 is 7.12 Å². The average molecular weight is 343 g/mol. The molecule has 1 aromatic heterocycles. The van der Waals surface area contributed by atoms with E-state index in [1.165, 1.54) is 11.6 Å². The van der Waals surface area contributed by atoms with Gasteiger partial charge in [0.15, 0.2) is 0 Å². The maximum Gasteiger partial charge on any atom is 0.525 e. The van der Waals surface area contributed by atoms with Crippen LogP contribution in [0, 0.1) is 6.92 Å². The molecule has 1 aromatic carbocycles. The van der Waals surface area contributed by atoms with Crippen molar-refractivity contribution in [2.75, 3.05) is 0 Å². The number of nitrogens with zero attached hydrogens (tertiary/aromatic N) is 3. The van der Waals surface area contributed by atoms with E-state index in [0.29, 0.717) is 12.2 Å². The number of hydrogen-bond donors (Lipinski definition) is 0. The highest BCUT2D eigenvalue weighted by molar-refractivity contribution is 6.54. The third-order valence-corrected chi connectivity index (χ3v) is 4.91. The van der Waals surface area contributed by atoms with E-state index in [4.69, 9.17) is 9.31 Å². The Labute approximate surface area is 148 Å². The van der Waals surface area contributed by atoms with E-state index in [0.717, 1.165) is 5.56 Å². The zero-order valence-electron chi connectivity index (χ0n) is 15.3. The van der Waals surface area contributed by atoms with Crippen LogP contribution in [-0.4, -0.2) is 33.3 Å². The number of benzene rings is 1. The van der Waals surface area contributed by atoms with E-state index in [1.807, 2.05) is 58.9 Å². The molecule has 0 spiro atoms. The summed E-state index contributed by atoms with van der Waals surface area (Å²) in [6, 6.07) is 8.06. The van der Waals surface area contributed by atoms with E-state index >= 15 is 0 Å². The quantitative estimate of drug-likeness (QED) is 0.797. The molecular formula is C18H23BFN3O2. The average Bonchev–Trinajstić information content (AvgIpc) is 3.03. The van der Waals surface area contributed by atoms with Gasteiger partial charge in [-0.2, -0.15) is 0 Å². The van der Waals surface area contributed by atoms with E-state index < -0.39 is 24.0 Å². The fraction of sp³-hybridized carbons (Fsp3) is 0.444. The first-order chi connectivity index (χ1) is 11.7. The Morgan fingerprint density at radius 3 is 2.48 bits per heavy atom. The summed E-state index contributed by atoms with van der Waals surface area (Å²) in [5.41, 5.74) is 1.09. The van der Waals surface area contributed by atoms with Gasteiger partial charge in [-0.3, -0.25) is 0 Å². The minimum atomic E-state index is -1.02. The molecule has 0 N–H and O–H groups in total. The molecule has 0 bridgehead atoms. The first-order valence-corrected chi connectivity index (χ1v) is 8.35. The van der Waals surface area contributed by atoms with Crippen molar-refractivity contribution >= 4 is 13.2 Å². The first kappa shape index (κ1) is 17.8. The van der Waals surface area contributed by atoms with Crippen LogP contribution in [0.3, 0.4) is 0 Å². The molecule has 1 aliphatic rings. The molecule has 1 saturated heterocycles. The maximum absolute atomic E-state index is 14.5. The van der Waals surface area contributed by atoms with Crippen molar-refractivity contribution in [2.24, 2.45) is 0 Å². The summed E-state index contributed by atoms with van der Waals surface area (Å²) in [5.74, 6) is 0. The topological polar surface area (TPSA) is 49.2 Å². The first-order valence-electron chi connectivity index (χ1n) is 8.35. The van der Waals surface area contributed by atoms with E-state index in [1.54, 1.807) is 10.9 Å². The highest BCUT2D eigenvalue weighted by Crippen LogP contribution is 2.38. The lowest BCUT2D eigenvalue weighted by atomic mass is 9.87. The minimum absolute atomic E-state index is 0.431. The second-order valence-corrected chi connectivity index (χ2v) is 7.38. The van der Waals surface area contributed by atoms with E-state index in [-0.39, 0.29) is 0 Å². The van der Waals surface area contributed by atoms with Gasteiger partial charge in [-0.25, -0.2) is 9.07 Å². The van der Waals surface area contributed by atoms with Crippen LogP contribution in [0.15, 0.2) is 36.2 Å². The Morgan fingerprint density at radius 1 is 1.20 bits per heavy atom. The third-order valence-electron chi connectivity index (χ3n) is 4.91. The summed E-state index contributed by atoms with van der Waals surface area (Å²) in [6.07, 6.45) is 3.01. The van der Waals surface area contributed by atoms with Gasteiger partial charge in [-0.05, 0) is 51.8 Å². The highest BCUT2D eigenvalue weighted by atomic mass is 19.1. The largest absolute Gasteiger partial charge is 0.525 e. The third kappa shape index (κ3) is 3.67. The van der Waals surface area contributed by atoms with Gasteiger partial charge in [-0.15, -0.1) is 5.10 Å². The van der Waals surface area contributed by atoms with Crippen molar-refractivity contribution < 1.29 is 13.7 Å². The molecule has 0 unspecified atom stereocenters. The maximum atomic E-state index is 14.5. The molecule has 1 aliphatic heterocycles. The highest BCUT2D eigenvalue weighted by Gasteiger charge is 2.53. The Hall–Kier alpha value is -1.99. The molecule has 0 saturated carbocycles. The second-order valence-electron chi connectivity index (χ2n) is 7.38. The van der Waals surface area contributed by atoms with Gasteiger partial charge in [0.05, 0.1) is 23.9 Å². The Kier molecular flexibility index (Phi) is 4.55. The number of halogens is 1. The SMILES string of the molecule is Cc1ccccc1Cn1cc(C=C(F)B2OC(C)(C)C(C)(C)O2)nn1. The summed E-state index contributed by atoms with van der Waals surface area (Å²) >= 11 is 0. The molecule has 25 heavy (non-hydrogen) atoms. The van der Waals surface area contributed by atoms with Crippen LogP contribution >= 0.6 is 0 Å². The standard InChI is InChI=1S/C18H23BFN3O2/c1-13-8-6-7-9-14(13)11-23-12-15(21-22-23)10-16(20)19-24-17(2,3)18(4,5)25-19/h6-10,12H,11H2,1-5H3. The van der Waals surface area contributed by atoms with Crippen molar-refractivity contribution in [3.05, 3.63) is 53.0 Å². The molecule has 132 valence electrons. The van der Waals surface area contributed by atoms with Crippen LogP contribution in [0.25, 0.3) is 6.08 Å². The molecule has 0 amide bonds. The number of hydrogen-bond acceptors (Lipinski definition) is 4. The van der Waals surface area contributed by atoms with Crippen LogP contribution in [-0.2, 0) is 15.9 Å². The van der Waals surface area contributed by atoms with Crippen molar-refractivity contribution in [3.8, 4) is 0 Å². The number of aryl methyl sites for hydroxylation is 1. The summed E-state index contributed by atoms with van der Waals surface area (Å²) in [7, 11) is -1.02. The lowest BCUT2D eigenvalue weighted by molar-refractivity contribution is 0.00578. The normalized spacial score (nSPS) is 19.4. The Bertz CT molecular complexity index is 785. The van der Waals surface area contributed by atoms with Crippen LogP contribution < -0.4 is 0 Å². The summed E-state index contributed by atoms with van der Waals surface area (Å²) in [4.78, 5) is 0. The van der Waals surface area contributed by atoms with Crippen LogP contribution in [0.4, 0.5) is 4.39 Å². The molecule has 0 atom stereocenters. The summed E-state index contributed by atoms with van der Waals surface area (Å²) < 4.78 is 27.6. The second kappa shape index (κ2) is 6.39. The Morgan fingerprint density at radius 2 is 1.84 bits per heavy atom. The zero-order chi connectivity index (χ0) is 18.2. The summed E-state index contributed by atoms with van der Waals surface area (Å²) in [5, 5.41) is 8.07. The van der Waals surface area contributed by atoms with Gasteiger partial charge in [0.1, 0.15) is 11.4 Å². The smallest absolute Gasteiger partial charge is 0.398 e. The van der Waals surface area contributed by atoms with Gasteiger partial charge in [-0.1, -0.05) is 29.5 Å². The number of aromatic nitrogens is 3. The van der Waals surface area contributed by atoms with E-state index in [2.05, 4.69) is 10.3 Å². The summed E-state index contributed by atoms with van der Waals surface area (Å²) in [6.45, 7) is 10.2. The lowest BCUT2D eigenvalue weighted by Gasteiger charge is -2.32. The van der Waals surface area contributed by atoms with Crippen molar-refractivity contribution in [3.63, 3.8) is 0 Å². The molecule has 1 fully saturated rings. The molecule has 0 radical (unpaired) electrons. The fourth-order valence-corrected chi connectivity index (χ4v) is 2.58. The monoisotopic (exact) mass is 343 g/mol. The van der Waals surface area contributed by atoms with Gasteiger partial charge in [0, 0.05) is 0 Å². The van der Waals surface area contributed by atoms with Crippen molar-refractivity contribution in [2.45, 2.75) is 52.4 Å². The van der Waals surface area contributed by atoms with Gasteiger partial charge < -0.3 is 9.31 Å². The van der Waals surface area contributed by atoms with Crippen LogP contribution in [0.2, 0.25) is 0 Å². The predicted molar refractivity (Wildman–Crippen MR) is 95.5 cm³/mol. The Balaban J connectivity index is 1.73. The van der Waals surface area contributed by atoms with Crippen LogP contribution in [0.5, 0.6) is 0 Å². The fourth-order valence-electron chi connectivity index (χ4n) is 2.58. The number of rotatable bonds is 4. The molecule has 5 nitrogen and oxygen atoms in total. The lowest BCUT2D eigenvalue weighted by Crippen LogP contribution is -2.41. The molecule has 2 aromatic rings. The zero-order valence-corrected chi connectivity index (χ0v) is 15.3.